The summed E-state index contributed by atoms with van der Waals surface area (Å²) in [4.78, 5) is 28.4. The van der Waals surface area contributed by atoms with Gasteiger partial charge in [0.25, 0.3) is 0 Å². The summed E-state index contributed by atoms with van der Waals surface area (Å²) < 4.78 is 26.7. The number of aryl methyl sites for hydroxylation is 1. The molecule has 0 aromatic heterocycles. The highest BCUT2D eigenvalue weighted by Crippen LogP contribution is 2.26. The van der Waals surface area contributed by atoms with E-state index in [2.05, 4.69) is 26.1 Å². The smallest absolute Gasteiger partial charge is 0.244 e. The van der Waals surface area contributed by atoms with Gasteiger partial charge in [-0.15, -0.1) is 0 Å². The van der Waals surface area contributed by atoms with Gasteiger partial charge in [0.1, 0.15) is 12.6 Å². The third-order valence-corrected chi connectivity index (χ3v) is 7.39. The Bertz CT molecular complexity index is 1150. The van der Waals surface area contributed by atoms with Crippen molar-refractivity contribution >= 4 is 27.5 Å². The van der Waals surface area contributed by atoms with Crippen LogP contribution in [0.25, 0.3) is 0 Å². The molecule has 0 aliphatic carbocycles. The highest BCUT2D eigenvalue weighted by molar-refractivity contribution is 7.92. The molecule has 0 saturated carbocycles. The zero-order valence-electron chi connectivity index (χ0n) is 23.5. The van der Waals surface area contributed by atoms with Crippen molar-refractivity contribution in [3.05, 3.63) is 65.2 Å². The second kappa shape index (κ2) is 12.6. The summed E-state index contributed by atoms with van der Waals surface area (Å²) in [5.74, 6) is -0.408. The topological polar surface area (TPSA) is 86.8 Å². The van der Waals surface area contributed by atoms with Gasteiger partial charge in [-0.3, -0.25) is 13.9 Å². The molecule has 204 valence electrons. The van der Waals surface area contributed by atoms with E-state index in [-0.39, 0.29) is 23.8 Å². The average molecular weight is 530 g/mol. The maximum Gasteiger partial charge on any atom is 0.244 e. The molecule has 37 heavy (non-hydrogen) atoms. The lowest BCUT2D eigenvalue weighted by Gasteiger charge is -2.33. The summed E-state index contributed by atoms with van der Waals surface area (Å²) >= 11 is 0. The molecule has 1 N–H and O–H groups in total. The Hall–Kier alpha value is -2.87. The van der Waals surface area contributed by atoms with Crippen molar-refractivity contribution in [3.63, 3.8) is 0 Å². The van der Waals surface area contributed by atoms with E-state index in [9.17, 15) is 18.0 Å². The van der Waals surface area contributed by atoms with Crippen LogP contribution in [0, 0.1) is 12.8 Å². The molecule has 2 amide bonds. The SMILES string of the molecule is CC[C@H](C(=O)NCC(C)C)N(Cc1ccc(C)cc1)C(=O)CN(c1ccc(C(C)(C)C)cc1)S(C)(=O)=O. The molecular weight excluding hydrogens is 486 g/mol. The van der Waals surface area contributed by atoms with Crippen LogP contribution in [0.1, 0.15) is 64.7 Å². The van der Waals surface area contributed by atoms with Crippen LogP contribution in [0.15, 0.2) is 48.5 Å². The number of anilines is 1. The summed E-state index contributed by atoms with van der Waals surface area (Å²) in [6.45, 7) is 14.4. The molecule has 0 bridgehead atoms. The zero-order chi connectivity index (χ0) is 28.0. The van der Waals surface area contributed by atoms with Crippen LogP contribution >= 0.6 is 0 Å². The summed E-state index contributed by atoms with van der Waals surface area (Å²) in [5, 5.41) is 2.93. The Morgan fingerprint density at radius 3 is 2.00 bits per heavy atom. The van der Waals surface area contributed by atoms with Crippen LogP contribution in [-0.4, -0.2) is 50.5 Å². The Balaban J connectivity index is 2.42. The second-order valence-corrected chi connectivity index (χ2v) is 13.0. The van der Waals surface area contributed by atoms with E-state index in [0.29, 0.717) is 18.7 Å². The summed E-state index contributed by atoms with van der Waals surface area (Å²) in [5.41, 5.74) is 3.34. The Morgan fingerprint density at radius 1 is 0.973 bits per heavy atom. The van der Waals surface area contributed by atoms with Crippen LogP contribution in [-0.2, 0) is 31.6 Å². The quantitative estimate of drug-likeness (QED) is 0.460. The molecule has 1 atom stereocenters. The molecule has 0 unspecified atom stereocenters. The van der Waals surface area contributed by atoms with Crippen molar-refractivity contribution in [2.45, 2.75) is 72.9 Å². The van der Waals surface area contributed by atoms with E-state index in [0.717, 1.165) is 27.3 Å². The fourth-order valence-electron chi connectivity index (χ4n) is 3.97. The van der Waals surface area contributed by atoms with Gasteiger partial charge in [0.05, 0.1) is 11.9 Å². The molecule has 7 nitrogen and oxygen atoms in total. The minimum atomic E-state index is -3.76. The summed E-state index contributed by atoms with van der Waals surface area (Å²) in [6.07, 6.45) is 1.50. The first kappa shape index (κ1) is 30.4. The summed E-state index contributed by atoms with van der Waals surface area (Å²) in [6, 6.07) is 14.3. The van der Waals surface area contributed by atoms with Gasteiger partial charge in [-0.1, -0.05) is 83.5 Å². The maximum atomic E-state index is 13.8. The Morgan fingerprint density at radius 2 is 1.54 bits per heavy atom. The van der Waals surface area contributed by atoms with Gasteiger partial charge in [-0.25, -0.2) is 8.42 Å². The number of sulfonamides is 1. The van der Waals surface area contributed by atoms with E-state index in [4.69, 9.17) is 0 Å². The molecule has 0 saturated heterocycles. The van der Waals surface area contributed by atoms with Gasteiger partial charge >= 0.3 is 0 Å². The molecule has 2 aromatic rings. The standard InChI is InChI=1S/C29H43N3O4S/c1-9-26(28(34)30-18-21(2)3)31(19-23-12-10-22(4)11-13-23)27(33)20-32(37(8,35)36)25-16-14-24(15-17-25)29(5,6)7/h10-17,21,26H,9,18-20H2,1-8H3,(H,30,34)/t26-/m1/s1. The fraction of sp³-hybridized carbons (Fsp3) is 0.517. The van der Waals surface area contributed by atoms with Crippen molar-refractivity contribution in [1.82, 2.24) is 10.2 Å². The van der Waals surface area contributed by atoms with E-state index < -0.39 is 28.5 Å². The second-order valence-electron chi connectivity index (χ2n) is 11.1. The average Bonchev–Trinajstić information content (AvgIpc) is 2.81. The van der Waals surface area contributed by atoms with Crippen LogP contribution in [0.4, 0.5) is 5.69 Å². The number of nitrogens with zero attached hydrogens (tertiary/aromatic N) is 2. The number of amides is 2. The minimum Gasteiger partial charge on any atom is -0.354 e. The van der Waals surface area contributed by atoms with Gasteiger partial charge < -0.3 is 10.2 Å². The lowest BCUT2D eigenvalue weighted by atomic mass is 9.87. The third kappa shape index (κ3) is 8.88. The van der Waals surface area contributed by atoms with E-state index in [1.165, 1.54) is 4.90 Å². The molecular formula is C29H43N3O4S. The van der Waals surface area contributed by atoms with Crippen molar-refractivity contribution < 1.29 is 18.0 Å². The number of hydrogen-bond acceptors (Lipinski definition) is 4. The monoisotopic (exact) mass is 529 g/mol. The first-order valence-corrected chi connectivity index (χ1v) is 14.7. The molecule has 0 radical (unpaired) electrons. The van der Waals surface area contributed by atoms with E-state index >= 15 is 0 Å². The fourth-order valence-corrected chi connectivity index (χ4v) is 4.82. The van der Waals surface area contributed by atoms with E-state index in [1.807, 2.05) is 64.1 Å². The third-order valence-electron chi connectivity index (χ3n) is 6.24. The number of carbonyl (C=O) groups is 2. The normalized spacial score (nSPS) is 12.8. The van der Waals surface area contributed by atoms with Gasteiger partial charge in [-0.05, 0) is 47.9 Å². The van der Waals surface area contributed by atoms with Crippen LogP contribution in [0.3, 0.4) is 0 Å². The lowest BCUT2D eigenvalue weighted by Crippen LogP contribution is -2.52. The van der Waals surface area contributed by atoms with Crippen LogP contribution in [0.5, 0.6) is 0 Å². The molecule has 0 fully saturated rings. The maximum absolute atomic E-state index is 13.8. The Kier molecular flexibility index (Phi) is 10.3. The molecule has 2 aromatic carbocycles. The molecule has 0 aliphatic heterocycles. The zero-order valence-corrected chi connectivity index (χ0v) is 24.4. The van der Waals surface area contributed by atoms with Crippen LogP contribution in [0.2, 0.25) is 0 Å². The van der Waals surface area contributed by atoms with Crippen LogP contribution < -0.4 is 9.62 Å². The first-order chi connectivity index (χ1) is 17.1. The van der Waals surface area contributed by atoms with Crippen molar-refractivity contribution in [2.24, 2.45) is 5.92 Å². The number of hydrogen-bond donors (Lipinski definition) is 1. The Labute approximate surface area is 223 Å². The van der Waals surface area contributed by atoms with Gasteiger partial charge in [0.2, 0.25) is 21.8 Å². The summed E-state index contributed by atoms with van der Waals surface area (Å²) in [7, 11) is -3.76. The molecule has 0 spiro atoms. The van der Waals surface area contributed by atoms with Gasteiger partial charge in [-0.2, -0.15) is 0 Å². The van der Waals surface area contributed by atoms with E-state index in [1.54, 1.807) is 12.1 Å². The molecule has 0 aliphatic rings. The molecule has 8 heteroatoms. The van der Waals surface area contributed by atoms with Crippen molar-refractivity contribution in [2.75, 3.05) is 23.7 Å². The number of carbonyl (C=O) groups excluding carboxylic acids is 2. The highest BCUT2D eigenvalue weighted by Gasteiger charge is 2.32. The minimum absolute atomic E-state index is 0.0905. The molecule has 0 heterocycles. The predicted molar refractivity (Wildman–Crippen MR) is 151 cm³/mol. The van der Waals surface area contributed by atoms with Gasteiger partial charge in [0.15, 0.2) is 0 Å². The van der Waals surface area contributed by atoms with Crippen molar-refractivity contribution in [3.8, 4) is 0 Å². The highest BCUT2D eigenvalue weighted by atomic mass is 32.2. The van der Waals surface area contributed by atoms with Crippen molar-refractivity contribution in [1.29, 1.82) is 0 Å². The number of benzene rings is 2. The lowest BCUT2D eigenvalue weighted by molar-refractivity contribution is -0.140. The largest absolute Gasteiger partial charge is 0.354 e. The van der Waals surface area contributed by atoms with Gasteiger partial charge in [0, 0.05) is 13.1 Å². The number of nitrogens with one attached hydrogen (secondary N) is 1. The number of rotatable bonds is 11. The predicted octanol–water partition coefficient (Wildman–Crippen LogP) is 4.64. The first-order valence-electron chi connectivity index (χ1n) is 12.8. The molecule has 2 rings (SSSR count).